The minimum absolute atomic E-state index is 0.372. The molecule has 69 heavy (non-hydrogen) atoms. The Balaban J connectivity index is 3.54. The highest BCUT2D eigenvalue weighted by molar-refractivity contribution is 5.80. The number of carbonyl (C=O) groups excluding carboxylic acids is 1. The van der Waals surface area contributed by atoms with Crippen LogP contribution in [0.25, 0.3) is 0 Å². The van der Waals surface area contributed by atoms with Crippen LogP contribution < -0.4 is 5.32 Å². The van der Waals surface area contributed by atoms with Crippen LogP contribution in [-0.4, -0.2) is 57.3 Å². The molecule has 4 unspecified atom stereocenters. The number of aliphatic hydroxyl groups is 4. The van der Waals surface area contributed by atoms with Crippen LogP contribution in [0.4, 0.5) is 0 Å². The van der Waals surface area contributed by atoms with Gasteiger partial charge in [-0.25, -0.2) is 0 Å². The van der Waals surface area contributed by atoms with E-state index in [1.807, 2.05) is 0 Å². The Hall–Kier alpha value is -1.21. The highest BCUT2D eigenvalue weighted by Gasteiger charge is 2.28. The maximum Gasteiger partial charge on any atom is 0.249 e. The molecule has 0 saturated heterocycles. The molecule has 6 heteroatoms. The average Bonchev–Trinajstić information content (AvgIpc) is 3.35. The van der Waals surface area contributed by atoms with Crippen LogP contribution in [0.15, 0.2) is 24.3 Å². The topological polar surface area (TPSA) is 110 Å². The summed E-state index contributed by atoms with van der Waals surface area (Å²) < 4.78 is 0. The van der Waals surface area contributed by atoms with Crippen molar-refractivity contribution >= 4 is 5.91 Å². The number of hydrogen-bond acceptors (Lipinski definition) is 5. The van der Waals surface area contributed by atoms with Crippen molar-refractivity contribution in [2.75, 3.05) is 6.61 Å². The standard InChI is InChI=1S/C63H123NO5/c1-3-5-7-9-11-13-15-17-19-21-22-23-24-25-26-27-28-29-30-31-32-33-34-35-36-37-38-39-41-43-45-47-49-51-53-55-57-61(67)63(69)64-59(58-65)62(68)60(66)56-54-52-50-48-46-44-42-40-20-18-16-14-12-10-8-6-4-2/h26-27,29-30,59-62,65-68H,3-25,28,31-58H2,1-2H3,(H,64,69)/b27-26-,30-29-. The van der Waals surface area contributed by atoms with Crippen LogP contribution in [0.1, 0.15) is 341 Å². The van der Waals surface area contributed by atoms with Crippen molar-refractivity contribution in [3.63, 3.8) is 0 Å². The first-order valence-electron chi connectivity index (χ1n) is 31.2. The Bertz CT molecular complexity index is 1050. The number of nitrogens with one attached hydrogen (secondary N) is 1. The van der Waals surface area contributed by atoms with E-state index in [1.54, 1.807) is 0 Å². The predicted octanol–water partition coefficient (Wildman–Crippen LogP) is 18.6. The normalized spacial score (nSPS) is 13.8. The second-order valence-electron chi connectivity index (χ2n) is 21.8. The molecular weight excluding hydrogens is 851 g/mol. The van der Waals surface area contributed by atoms with Crippen molar-refractivity contribution in [2.45, 2.75) is 366 Å². The number of rotatable bonds is 58. The molecule has 0 fully saturated rings. The van der Waals surface area contributed by atoms with Crippen LogP contribution in [0.3, 0.4) is 0 Å². The molecule has 0 saturated carbocycles. The fraction of sp³-hybridized carbons (Fsp3) is 0.921. The summed E-state index contributed by atoms with van der Waals surface area (Å²) in [6.07, 6.45) is 71.3. The average molecular weight is 975 g/mol. The highest BCUT2D eigenvalue weighted by Crippen LogP contribution is 2.19. The third-order valence-electron chi connectivity index (χ3n) is 14.9. The number of hydrogen-bond donors (Lipinski definition) is 5. The molecule has 0 bridgehead atoms. The van der Waals surface area contributed by atoms with Crippen LogP contribution in [-0.2, 0) is 4.79 Å². The molecule has 0 radical (unpaired) electrons. The van der Waals surface area contributed by atoms with Crippen molar-refractivity contribution < 1.29 is 25.2 Å². The molecule has 0 heterocycles. The Morgan fingerprint density at radius 1 is 0.362 bits per heavy atom. The van der Waals surface area contributed by atoms with Crippen LogP contribution in [0, 0.1) is 0 Å². The van der Waals surface area contributed by atoms with Gasteiger partial charge in [0, 0.05) is 0 Å². The molecule has 0 aromatic rings. The van der Waals surface area contributed by atoms with Gasteiger partial charge in [-0.1, -0.05) is 321 Å². The Kier molecular flexibility index (Phi) is 56.7. The zero-order valence-corrected chi connectivity index (χ0v) is 46.6. The van der Waals surface area contributed by atoms with Gasteiger partial charge in [0.1, 0.15) is 12.2 Å². The lowest BCUT2D eigenvalue weighted by atomic mass is 9.99. The fourth-order valence-corrected chi connectivity index (χ4v) is 10.0. The first-order valence-corrected chi connectivity index (χ1v) is 31.2. The zero-order chi connectivity index (χ0) is 50.2. The minimum atomic E-state index is -1.26. The van der Waals surface area contributed by atoms with Gasteiger partial charge in [0.05, 0.1) is 18.8 Å². The van der Waals surface area contributed by atoms with E-state index in [-0.39, 0.29) is 0 Å². The van der Waals surface area contributed by atoms with Crippen molar-refractivity contribution in [1.82, 2.24) is 5.32 Å². The fourth-order valence-electron chi connectivity index (χ4n) is 10.0. The zero-order valence-electron chi connectivity index (χ0n) is 46.6. The molecular formula is C63H123NO5. The monoisotopic (exact) mass is 974 g/mol. The third kappa shape index (κ3) is 51.5. The predicted molar refractivity (Wildman–Crippen MR) is 302 cm³/mol. The lowest BCUT2D eigenvalue weighted by Crippen LogP contribution is -2.53. The first-order chi connectivity index (χ1) is 34.0. The lowest BCUT2D eigenvalue weighted by Gasteiger charge is -2.27. The number of unbranched alkanes of at least 4 members (excludes halogenated alkanes) is 45. The molecule has 6 nitrogen and oxygen atoms in total. The summed E-state index contributed by atoms with van der Waals surface area (Å²) in [7, 11) is 0. The molecule has 410 valence electrons. The summed E-state index contributed by atoms with van der Waals surface area (Å²) >= 11 is 0. The Morgan fingerprint density at radius 2 is 0.623 bits per heavy atom. The van der Waals surface area contributed by atoms with Crippen LogP contribution in [0.2, 0.25) is 0 Å². The molecule has 0 rings (SSSR count). The lowest BCUT2D eigenvalue weighted by molar-refractivity contribution is -0.132. The number of allylic oxidation sites excluding steroid dienone is 4. The summed E-state index contributed by atoms with van der Waals surface area (Å²) in [5, 5.41) is 44.0. The molecule has 0 aromatic carbocycles. The molecule has 1 amide bonds. The van der Waals surface area contributed by atoms with Gasteiger partial charge >= 0.3 is 0 Å². The van der Waals surface area contributed by atoms with Gasteiger partial charge < -0.3 is 25.7 Å². The van der Waals surface area contributed by atoms with E-state index in [0.29, 0.717) is 12.8 Å². The summed E-state index contributed by atoms with van der Waals surface area (Å²) in [6, 6.07) is -0.984. The number of aliphatic hydroxyl groups excluding tert-OH is 4. The molecule has 0 aliphatic rings. The van der Waals surface area contributed by atoms with Crippen molar-refractivity contribution in [3.05, 3.63) is 24.3 Å². The molecule has 0 aliphatic carbocycles. The summed E-state index contributed by atoms with van der Waals surface area (Å²) in [5.41, 5.74) is 0. The van der Waals surface area contributed by atoms with E-state index in [1.165, 1.54) is 270 Å². The van der Waals surface area contributed by atoms with E-state index in [0.717, 1.165) is 44.9 Å². The molecule has 0 spiro atoms. The van der Waals surface area contributed by atoms with Gasteiger partial charge in [-0.2, -0.15) is 0 Å². The summed E-state index contributed by atoms with van der Waals surface area (Å²) in [4.78, 5) is 12.6. The van der Waals surface area contributed by atoms with Gasteiger partial charge in [0.15, 0.2) is 0 Å². The Morgan fingerprint density at radius 3 is 0.913 bits per heavy atom. The largest absolute Gasteiger partial charge is 0.394 e. The van der Waals surface area contributed by atoms with Gasteiger partial charge in [0.2, 0.25) is 5.91 Å². The SMILES string of the molecule is CCCCCCCCCCCCCCC/C=C\C/C=C\CCCCCCCCCCCCCCCCCCC(O)C(=O)NC(CO)C(O)C(O)CCCCCCCCCCCCCCCCCCC. The van der Waals surface area contributed by atoms with E-state index >= 15 is 0 Å². The first kappa shape index (κ1) is 67.8. The quantitative estimate of drug-likeness (QED) is 0.0308. The second-order valence-corrected chi connectivity index (χ2v) is 21.8. The second kappa shape index (κ2) is 57.7. The number of amides is 1. The van der Waals surface area contributed by atoms with E-state index in [4.69, 9.17) is 0 Å². The third-order valence-corrected chi connectivity index (χ3v) is 14.9. The maximum atomic E-state index is 12.6. The van der Waals surface area contributed by atoms with Gasteiger partial charge in [-0.15, -0.1) is 0 Å². The van der Waals surface area contributed by atoms with E-state index < -0.39 is 36.9 Å². The summed E-state index contributed by atoms with van der Waals surface area (Å²) in [6.45, 7) is 4.09. The molecule has 0 aromatic heterocycles. The van der Waals surface area contributed by atoms with Gasteiger partial charge in [-0.3, -0.25) is 4.79 Å². The molecule has 4 atom stereocenters. The van der Waals surface area contributed by atoms with Crippen molar-refractivity contribution in [3.8, 4) is 0 Å². The van der Waals surface area contributed by atoms with Crippen molar-refractivity contribution in [2.24, 2.45) is 0 Å². The smallest absolute Gasteiger partial charge is 0.249 e. The maximum absolute atomic E-state index is 12.6. The molecule has 0 aliphatic heterocycles. The molecule has 5 N–H and O–H groups in total. The van der Waals surface area contributed by atoms with Gasteiger partial charge in [0.25, 0.3) is 0 Å². The van der Waals surface area contributed by atoms with Crippen LogP contribution >= 0.6 is 0 Å². The Labute approximate surface area is 431 Å². The summed E-state index contributed by atoms with van der Waals surface area (Å²) in [5.74, 6) is -0.578. The highest BCUT2D eigenvalue weighted by atomic mass is 16.3. The van der Waals surface area contributed by atoms with E-state index in [2.05, 4.69) is 43.5 Å². The number of carbonyl (C=O) groups is 1. The van der Waals surface area contributed by atoms with Gasteiger partial charge in [-0.05, 0) is 44.9 Å². The van der Waals surface area contributed by atoms with Crippen molar-refractivity contribution in [1.29, 1.82) is 0 Å². The minimum Gasteiger partial charge on any atom is -0.394 e. The van der Waals surface area contributed by atoms with Crippen LogP contribution in [0.5, 0.6) is 0 Å². The van der Waals surface area contributed by atoms with E-state index in [9.17, 15) is 25.2 Å².